The maximum absolute atomic E-state index is 12.9. The van der Waals surface area contributed by atoms with Crippen LogP contribution in [0, 0.1) is 5.82 Å². The Morgan fingerprint density at radius 1 is 1.38 bits per heavy atom. The predicted octanol–water partition coefficient (Wildman–Crippen LogP) is 1.65. The fourth-order valence-electron chi connectivity index (χ4n) is 2.46. The number of nitrogens with zero attached hydrogens (tertiary/aromatic N) is 2. The van der Waals surface area contributed by atoms with Crippen LogP contribution in [0.4, 0.5) is 16.0 Å². The molecule has 1 aromatic carbocycles. The van der Waals surface area contributed by atoms with Gasteiger partial charge in [0.2, 0.25) is 17.7 Å². The van der Waals surface area contributed by atoms with Crippen LogP contribution in [0.25, 0.3) is 0 Å². The third-order valence-electron chi connectivity index (χ3n) is 3.65. The summed E-state index contributed by atoms with van der Waals surface area (Å²) < 4.78 is 18.6. The van der Waals surface area contributed by atoms with Crippen molar-refractivity contribution in [2.24, 2.45) is 0 Å². The SMILES string of the molecule is O=C1CCCN1CCOc1cccc(Nc2ncc(F)c(=O)[nH]2)c1. The first-order valence-electron chi connectivity index (χ1n) is 7.64. The number of carbonyl (C=O) groups excluding carboxylic acids is 1. The Morgan fingerprint density at radius 3 is 3.00 bits per heavy atom. The van der Waals surface area contributed by atoms with Gasteiger partial charge in [-0.1, -0.05) is 6.07 Å². The van der Waals surface area contributed by atoms with Crippen molar-refractivity contribution in [1.82, 2.24) is 14.9 Å². The number of rotatable bonds is 6. The van der Waals surface area contributed by atoms with Crippen molar-refractivity contribution in [3.05, 3.63) is 46.6 Å². The van der Waals surface area contributed by atoms with Crippen LogP contribution < -0.4 is 15.6 Å². The monoisotopic (exact) mass is 332 g/mol. The first kappa shape index (κ1) is 16.0. The van der Waals surface area contributed by atoms with E-state index in [2.05, 4.69) is 15.3 Å². The molecular formula is C16H17FN4O3. The van der Waals surface area contributed by atoms with Crippen LogP contribution in [0.1, 0.15) is 12.8 Å². The van der Waals surface area contributed by atoms with Gasteiger partial charge in [0, 0.05) is 24.7 Å². The molecule has 0 saturated carbocycles. The molecule has 7 nitrogen and oxygen atoms in total. The number of carbonyl (C=O) groups is 1. The van der Waals surface area contributed by atoms with E-state index >= 15 is 0 Å². The number of hydrogen-bond donors (Lipinski definition) is 2. The van der Waals surface area contributed by atoms with Crippen LogP contribution in [0.3, 0.4) is 0 Å². The summed E-state index contributed by atoms with van der Waals surface area (Å²) in [6.07, 6.45) is 2.37. The number of halogens is 1. The van der Waals surface area contributed by atoms with Gasteiger partial charge >= 0.3 is 0 Å². The summed E-state index contributed by atoms with van der Waals surface area (Å²) in [5, 5.41) is 2.87. The molecule has 2 N–H and O–H groups in total. The Morgan fingerprint density at radius 2 is 2.25 bits per heavy atom. The molecule has 8 heteroatoms. The van der Waals surface area contributed by atoms with Gasteiger partial charge in [-0.25, -0.2) is 4.98 Å². The standard InChI is InChI=1S/C16H17FN4O3/c17-13-10-18-16(20-15(13)23)19-11-3-1-4-12(9-11)24-8-7-21-6-2-5-14(21)22/h1,3-4,9-10H,2,5-8H2,(H2,18,19,20,23). The van der Waals surface area contributed by atoms with Crippen LogP contribution >= 0.6 is 0 Å². The lowest BCUT2D eigenvalue weighted by Gasteiger charge is -2.16. The quantitative estimate of drug-likeness (QED) is 0.840. The van der Waals surface area contributed by atoms with Gasteiger partial charge in [0.25, 0.3) is 5.56 Å². The topological polar surface area (TPSA) is 87.3 Å². The molecular weight excluding hydrogens is 315 g/mol. The van der Waals surface area contributed by atoms with Crippen molar-refractivity contribution in [2.75, 3.05) is 25.0 Å². The van der Waals surface area contributed by atoms with Crippen LogP contribution in [0.15, 0.2) is 35.3 Å². The minimum atomic E-state index is -0.936. The molecule has 0 atom stereocenters. The molecule has 1 saturated heterocycles. The highest BCUT2D eigenvalue weighted by atomic mass is 19.1. The summed E-state index contributed by atoms with van der Waals surface area (Å²) in [7, 11) is 0. The van der Waals surface area contributed by atoms with Crippen LogP contribution in [0.5, 0.6) is 5.75 Å². The third-order valence-corrected chi connectivity index (χ3v) is 3.65. The van der Waals surface area contributed by atoms with E-state index in [0.29, 0.717) is 31.0 Å². The van der Waals surface area contributed by atoms with Crippen molar-refractivity contribution in [2.45, 2.75) is 12.8 Å². The molecule has 1 aliphatic heterocycles. The Bertz CT molecular complexity index is 793. The van der Waals surface area contributed by atoms with E-state index in [-0.39, 0.29) is 11.9 Å². The molecule has 2 heterocycles. The van der Waals surface area contributed by atoms with Gasteiger partial charge in [0.1, 0.15) is 12.4 Å². The van der Waals surface area contributed by atoms with Gasteiger partial charge < -0.3 is 15.0 Å². The lowest BCUT2D eigenvalue weighted by Crippen LogP contribution is -2.29. The minimum absolute atomic E-state index is 0.140. The number of aromatic amines is 1. The average molecular weight is 332 g/mol. The van der Waals surface area contributed by atoms with Crippen molar-refractivity contribution in [3.8, 4) is 5.75 Å². The second kappa shape index (κ2) is 7.12. The molecule has 126 valence electrons. The lowest BCUT2D eigenvalue weighted by molar-refractivity contribution is -0.128. The number of benzene rings is 1. The highest BCUT2D eigenvalue weighted by molar-refractivity contribution is 5.78. The zero-order valence-corrected chi connectivity index (χ0v) is 12.9. The maximum Gasteiger partial charge on any atom is 0.288 e. The van der Waals surface area contributed by atoms with E-state index in [0.717, 1.165) is 19.2 Å². The van der Waals surface area contributed by atoms with E-state index in [4.69, 9.17) is 4.74 Å². The summed E-state index contributed by atoms with van der Waals surface area (Å²) in [4.78, 5) is 30.6. The van der Waals surface area contributed by atoms with Crippen molar-refractivity contribution >= 4 is 17.5 Å². The minimum Gasteiger partial charge on any atom is -0.492 e. The maximum atomic E-state index is 12.9. The van der Waals surface area contributed by atoms with Gasteiger partial charge in [-0.3, -0.25) is 14.6 Å². The van der Waals surface area contributed by atoms with E-state index in [9.17, 15) is 14.0 Å². The molecule has 0 spiro atoms. The van der Waals surface area contributed by atoms with Gasteiger partial charge in [0.15, 0.2) is 0 Å². The second-order valence-corrected chi connectivity index (χ2v) is 5.39. The van der Waals surface area contributed by atoms with E-state index in [1.54, 1.807) is 29.2 Å². The highest BCUT2D eigenvalue weighted by Gasteiger charge is 2.19. The largest absolute Gasteiger partial charge is 0.492 e. The number of H-pyrrole nitrogens is 1. The van der Waals surface area contributed by atoms with Gasteiger partial charge in [-0.15, -0.1) is 0 Å². The normalized spacial score (nSPS) is 14.0. The highest BCUT2D eigenvalue weighted by Crippen LogP contribution is 2.19. The number of aromatic nitrogens is 2. The summed E-state index contributed by atoms with van der Waals surface area (Å²) in [5.41, 5.74) is -0.199. The first-order valence-corrected chi connectivity index (χ1v) is 7.64. The molecule has 1 aliphatic rings. The molecule has 0 unspecified atom stereocenters. The summed E-state index contributed by atoms with van der Waals surface area (Å²) >= 11 is 0. The van der Waals surface area contributed by atoms with Crippen molar-refractivity contribution in [3.63, 3.8) is 0 Å². The molecule has 0 radical (unpaired) electrons. The molecule has 1 fully saturated rings. The summed E-state index contributed by atoms with van der Waals surface area (Å²) in [5.74, 6) is -0.00762. The van der Waals surface area contributed by atoms with Crippen LogP contribution in [-0.2, 0) is 4.79 Å². The fourth-order valence-corrected chi connectivity index (χ4v) is 2.46. The summed E-state index contributed by atoms with van der Waals surface area (Å²) in [6, 6.07) is 7.06. The van der Waals surface area contributed by atoms with E-state index in [1.807, 2.05) is 0 Å². The molecule has 1 aromatic heterocycles. The summed E-state index contributed by atoms with van der Waals surface area (Å²) in [6.45, 7) is 1.75. The number of ether oxygens (including phenoxy) is 1. The smallest absolute Gasteiger partial charge is 0.288 e. The molecule has 24 heavy (non-hydrogen) atoms. The molecule has 2 aromatic rings. The van der Waals surface area contributed by atoms with Gasteiger partial charge in [-0.05, 0) is 18.6 Å². The van der Waals surface area contributed by atoms with E-state index in [1.165, 1.54) is 0 Å². The zero-order chi connectivity index (χ0) is 16.9. The Kier molecular flexibility index (Phi) is 4.74. The zero-order valence-electron chi connectivity index (χ0n) is 12.9. The number of amides is 1. The van der Waals surface area contributed by atoms with Crippen LogP contribution in [-0.4, -0.2) is 40.5 Å². The Labute approximate surface area is 137 Å². The Balaban J connectivity index is 1.58. The van der Waals surface area contributed by atoms with Gasteiger partial charge in [-0.2, -0.15) is 4.39 Å². The van der Waals surface area contributed by atoms with E-state index < -0.39 is 11.4 Å². The van der Waals surface area contributed by atoms with Crippen molar-refractivity contribution in [1.29, 1.82) is 0 Å². The molecule has 3 rings (SSSR count). The van der Waals surface area contributed by atoms with Crippen molar-refractivity contribution < 1.29 is 13.9 Å². The molecule has 0 aliphatic carbocycles. The van der Waals surface area contributed by atoms with Gasteiger partial charge in [0.05, 0.1) is 12.7 Å². The first-order chi connectivity index (χ1) is 11.6. The fraction of sp³-hybridized carbons (Fsp3) is 0.312. The van der Waals surface area contributed by atoms with Crippen LogP contribution in [0.2, 0.25) is 0 Å². The molecule has 1 amide bonds. The predicted molar refractivity (Wildman–Crippen MR) is 85.8 cm³/mol. The third kappa shape index (κ3) is 3.89. The number of anilines is 2. The lowest BCUT2D eigenvalue weighted by atomic mass is 10.3. The number of likely N-dealkylation sites (tertiary alicyclic amines) is 1. The molecule has 0 bridgehead atoms. The number of nitrogens with one attached hydrogen (secondary N) is 2. The number of hydrogen-bond acceptors (Lipinski definition) is 5. The average Bonchev–Trinajstić information content (AvgIpc) is 2.97. The Hall–Kier alpha value is -2.90. The second-order valence-electron chi connectivity index (χ2n) is 5.39.